The van der Waals surface area contributed by atoms with Gasteiger partial charge in [-0.3, -0.25) is 14.4 Å². The summed E-state index contributed by atoms with van der Waals surface area (Å²) >= 11 is 5.86. The van der Waals surface area contributed by atoms with Crippen molar-refractivity contribution < 1.29 is 24.2 Å². The van der Waals surface area contributed by atoms with Crippen molar-refractivity contribution in [3.8, 4) is 5.75 Å². The Balaban J connectivity index is 1.81. The zero-order valence-electron chi connectivity index (χ0n) is 10.9. The zero-order valence-corrected chi connectivity index (χ0v) is 11.6. The van der Waals surface area contributed by atoms with Gasteiger partial charge in [-0.25, -0.2) is 0 Å². The first-order chi connectivity index (χ1) is 9.95. The van der Waals surface area contributed by atoms with Crippen LogP contribution in [-0.4, -0.2) is 42.1 Å². The van der Waals surface area contributed by atoms with E-state index in [1.54, 1.807) is 18.2 Å². The van der Waals surface area contributed by atoms with E-state index in [4.69, 9.17) is 21.4 Å². The lowest BCUT2D eigenvalue weighted by Gasteiger charge is -2.11. The van der Waals surface area contributed by atoms with E-state index in [1.165, 1.54) is 0 Å². The third kappa shape index (κ3) is 4.09. The number of hydrogen-bond donors (Lipinski definition) is 3. The highest BCUT2D eigenvalue weighted by Gasteiger charge is 2.29. The number of hydrogen-bond acceptors (Lipinski definition) is 4. The van der Waals surface area contributed by atoms with Crippen LogP contribution in [0.1, 0.15) is 5.56 Å². The molecule has 1 aliphatic heterocycles. The third-order valence-corrected chi connectivity index (χ3v) is 3.08. The summed E-state index contributed by atoms with van der Waals surface area (Å²) in [7, 11) is 0. The fourth-order valence-corrected chi connectivity index (χ4v) is 2.08. The molecule has 0 saturated carbocycles. The van der Waals surface area contributed by atoms with Gasteiger partial charge in [-0.15, -0.1) is 0 Å². The first kappa shape index (κ1) is 15.1. The van der Waals surface area contributed by atoms with Crippen LogP contribution in [-0.2, 0) is 20.8 Å². The Bertz CT molecular complexity index is 590. The molecule has 2 rings (SSSR count). The smallest absolute Gasteiger partial charge is 0.322 e. The molecule has 0 aliphatic carbocycles. The third-order valence-electron chi connectivity index (χ3n) is 2.85. The predicted octanol–water partition coefficient (Wildman–Crippen LogP) is -0.0395. The van der Waals surface area contributed by atoms with Crippen molar-refractivity contribution in [2.24, 2.45) is 0 Å². The fourth-order valence-electron chi connectivity index (χ4n) is 1.88. The molecule has 1 aromatic carbocycles. The molecule has 8 heteroatoms. The number of fused-ring (bicyclic) bond motifs is 1. The summed E-state index contributed by atoms with van der Waals surface area (Å²) in [5.41, 5.74) is 0.831. The number of amides is 2. The summed E-state index contributed by atoms with van der Waals surface area (Å²) in [6.45, 7) is -0.790. The Hall–Kier alpha value is -2.28. The van der Waals surface area contributed by atoms with Gasteiger partial charge in [-0.1, -0.05) is 11.6 Å². The highest BCUT2D eigenvalue weighted by atomic mass is 35.5. The Kier molecular flexibility index (Phi) is 4.64. The lowest BCUT2D eigenvalue weighted by molar-refractivity contribution is -0.137. The zero-order chi connectivity index (χ0) is 15.4. The summed E-state index contributed by atoms with van der Waals surface area (Å²) in [5.74, 6) is -1.58. The predicted molar refractivity (Wildman–Crippen MR) is 73.2 cm³/mol. The number of nitrogens with one attached hydrogen (secondary N) is 2. The Labute approximate surface area is 125 Å². The maximum Gasteiger partial charge on any atom is 0.322 e. The number of rotatable bonds is 5. The standard InChI is InChI=1S/C13H13ClN2O5/c14-8-1-2-9-7(3-8)4-10(21-9)13(20)16-5-11(17)15-6-12(18)19/h1-3,10H,4-6H2,(H,15,17)(H,16,20)(H,18,19). The number of aliphatic carboxylic acids is 1. The van der Waals surface area contributed by atoms with Crippen LogP contribution in [0, 0.1) is 0 Å². The molecule has 0 saturated heterocycles. The van der Waals surface area contributed by atoms with Gasteiger partial charge in [-0.2, -0.15) is 0 Å². The maximum atomic E-state index is 11.9. The van der Waals surface area contributed by atoms with Gasteiger partial charge in [0, 0.05) is 11.4 Å². The second-order valence-corrected chi connectivity index (χ2v) is 4.89. The van der Waals surface area contributed by atoms with Crippen molar-refractivity contribution in [2.75, 3.05) is 13.1 Å². The van der Waals surface area contributed by atoms with Crippen LogP contribution in [0.15, 0.2) is 18.2 Å². The van der Waals surface area contributed by atoms with E-state index >= 15 is 0 Å². The van der Waals surface area contributed by atoms with E-state index in [0.717, 1.165) is 5.56 Å². The first-order valence-electron chi connectivity index (χ1n) is 6.17. The molecule has 3 N–H and O–H groups in total. The van der Waals surface area contributed by atoms with Gasteiger partial charge in [0.15, 0.2) is 6.10 Å². The molecule has 2 amide bonds. The van der Waals surface area contributed by atoms with Crippen molar-refractivity contribution in [1.29, 1.82) is 0 Å². The number of ether oxygens (including phenoxy) is 1. The SMILES string of the molecule is O=C(O)CNC(=O)CNC(=O)C1Cc2cc(Cl)ccc2O1. The molecule has 0 bridgehead atoms. The molecule has 0 radical (unpaired) electrons. The van der Waals surface area contributed by atoms with Crippen molar-refractivity contribution in [3.63, 3.8) is 0 Å². The minimum Gasteiger partial charge on any atom is -0.480 e. The summed E-state index contributed by atoms with van der Waals surface area (Å²) in [4.78, 5) is 33.4. The molecule has 1 atom stereocenters. The quantitative estimate of drug-likeness (QED) is 0.707. The molecule has 1 heterocycles. The summed E-state index contributed by atoms with van der Waals surface area (Å²) in [6.07, 6.45) is -0.343. The second-order valence-electron chi connectivity index (χ2n) is 4.45. The van der Waals surface area contributed by atoms with Gasteiger partial charge in [0.1, 0.15) is 12.3 Å². The van der Waals surface area contributed by atoms with Crippen molar-refractivity contribution >= 4 is 29.4 Å². The van der Waals surface area contributed by atoms with Gasteiger partial charge in [0.2, 0.25) is 5.91 Å². The van der Waals surface area contributed by atoms with Gasteiger partial charge in [0.25, 0.3) is 5.91 Å². The van der Waals surface area contributed by atoms with Crippen LogP contribution in [0.2, 0.25) is 5.02 Å². The number of halogens is 1. The second kappa shape index (κ2) is 6.45. The van der Waals surface area contributed by atoms with Crippen molar-refractivity contribution in [3.05, 3.63) is 28.8 Å². The molecule has 0 aromatic heterocycles. The Morgan fingerprint density at radius 2 is 2.05 bits per heavy atom. The largest absolute Gasteiger partial charge is 0.480 e. The van der Waals surface area contributed by atoms with Gasteiger partial charge >= 0.3 is 5.97 Å². The van der Waals surface area contributed by atoms with E-state index in [1.807, 2.05) is 0 Å². The molecule has 0 spiro atoms. The van der Waals surface area contributed by atoms with Crippen LogP contribution in [0.4, 0.5) is 0 Å². The van der Waals surface area contributed by atoms with Crippen LogP contribution >= 0.6 is 11.6 Å². The molecule has 1 unspecified atom stereocenters. The molecule has 112 valence electrons. The number of benzene rings is 1. The molecule has 1 aromatic rings. The van der Waals surface area contributed by atoms with E-state index in [-0.39, 0.29) is 6.54 Å². The van der Waals surface area contributed by atoms with Gasteiger partial charge in [-0.05, 0) is 23.8 Å². The molecule has 0 fully saturated rings. The topological polar surface area (TPSA) is 105 Å². The lowest BCUT2D eigenvalue weighted by Crippen LogP contribution is -2.43. The Morgan fingerprint density at radius 3 is 2.76 bits per heavy atom. The summed E-state index contributed by atoms with van der Waals surface area (Å²) in [6, 6.07) is 5.08. The number of carboxylic acid groups (broad SMARTS) is 1. The van der Waals surface area contributed by atoms with E-state index < -0.39 is 30.4 Å². The maximum absolute atomic E-state index is 11.9. The van der Waals surface area contributed by atoms with Crippen molar-refractivity contribution in [1.82, 2.24) is 10.6 Å². The normalized spacial score (nSPS) is 15.8. The average Bonchev–Trinajstić information content (AvgIpc) is 2.85. The van der Waals surface area contributed by atoms with Gasteiger partial charge in [0.05, 0.1) is 6.54 Å². The molecular formula is C13H13ClN2O5. The number of carboxylic acids is 1. The average molecular weight is 313 g/mol. The first-order valence-corrected chi connectivity index (χ1v) is 6.55. The highest BCUT2D eigenvalue weighted by molar-refractivity contribution is 6.30. The summed E-state index contributed by atoms with van der Waals surface area (Å²) < 4.78 is 5.46. The number of carbonyl (C=O) groups is 3. The van der Waals surface area contributed by atoms with Gasteiger partial charge < -0.3 is 20.5 Å². The van der Waals surface area contributed by atoms with Crippen LogP contribution in [0.3, 0.4) is 0 Å². The monoisotopic (exact) mass is 312 g/mol. The van der Waals surface area contributed by atoms with E-state index in [0.29, 0.717) is 17.2 Å². The highest BCUT2D eigenvalue weighted by Crippen LogP contribution is 2.30. The fraction of sp³-hybridized carbons (Fsp3) is 0.308. The van der Waals surface area contributed by atoms with Crippen molar-refractivity contribution in [2.45, 2.75) is 12.5 Å². The summed E-state index contributed by atoms with van der Waals surface area (Å²) in [5, 5.41) is 13.5. The van der Waals surface area contributed by atoms with Crippen LogP contribution in [0.5, 0.6) is 5.75 Å². The lowest BCUT2D eigenvalue weighted by atomic mass is 10.1. The number of carbonyl (C=O) groups excluding carboxylic acids is 2. The van der Waals surface area contributed by atoms with E-state index in [2.05, 4.69) is 10.6 Å². The molecule has 1 aliphatic rings. The minimum absolute atomic E-state index is 0.303. The molecule has 21 heavy (non-hydrogen) atoms. The molecule has 7 nitrogen and oxygen atoms in total. The Morgan fingerprint density at radius 1 is 1.29 bits per heavy atom. The molecular weight excluding hydrogens is 300 g/mol. The van der Waals surface area contributed by atoms with E-state index in [9.17, 15) is 14.4 Å². The minimum atomic E-state index is -1.15. The van der Waals surface area contributed by atoms with Crippen LogP contribution in [0.25, 0.3) is 0 Å². The van der Waals surface area contributed by atoms with Crippen LogP contribution < -0.4 is 15.4 Å².